The summed E-state index contributed by atoms with van der Waals surface area (Å²) in [5.41, 5.74) is 0. The van der Waals surface area contributed by atoms with Gasteiger partial charge in [-0.1, -0.05) is 6.92 Å². The highest BCUT2D eigenvalue weighted by Crippen LogP contribution is 2.06. The van der Waals surface area contributed by atoms with Crippen molar-refractivity contribution in [1.29, 1.82) is 0 Å². The first kappa shape index (κ1) is 11.0. The first-order valence-corrected chi connectivity index (χ1v) is 4.75. The normalized spacial score (nSPS) is 19.1. The summed E-state index contributed by atoms with van der Waals surface area (Å²) in [5.74, 6) is -1.34. The summed E-state index contributed by atoms with van der Waals surface area (Å²) >= 11 is 5.51. The van der Waals surface area contributed by atoms with Crippen molar-refractivity contribution in [3.8, 4) is 0 Å². The summed E-state index contributed by atoms with van der Waals surface area (Å²) in [4.78, 5) is 34.6. The van der Waals surface area contributed by atoms with Crippen LogP contribution in [0.2, 0.25) is 0 Å². The molecule has 1 aliphatic rings. The Morgan fingerprint density at radius 2 is 2.00 bits per heavy atom. The maximum Gasteiger partial charge on any atom is 0.246 e. The van der Waals surface area contributed by atoms with Crippen molar-refractivity contribution in [2.45, 2.75) is 6.92 Å². The average molecular weight is 219 g/mol. The van der Waals surface area contributed by atoms with E-state index in [0.717, 1.165) is 0 Å². The molecule has 5 nitrogen and oxygen atoms in total. The predicted octanol–water partition coefficient (Wildman–Crippen LogP) is -0.654. The van der Waals surface area contributed by atoms with Crippen LogP contribution in [-0.2, 0) is 14.4 Å². The second-order valence-electron chi connectivity index (χ2n) is 3.22. The SMILES string of the molecule is CC(CCl)C(=O)N1CC(=O)NC(=O)C1. The lowest BCUT2D eigenvalue weighted by atomic mass is 10.1. The van der Waals surface area contributed by atoms with Gasteiger partial charge in [-0.25, -0.2) is 0 Å². The Bertz CT molecular complexity index is 264. The molecule has 3 amide bonds. The van der Waals surface area contributed by atoms with E-state index in [4.69, 9.17) is 11.6 Å². The van der Waals surface area contributed by atoms with Crippen LogP contribution in [0.1, 0.15) is 6.92 Å². The number of alkyl halides is 1. The zero-order valence-corrected chi connectivity index (χ0v) is 8.50. The van der Waals surface area contributed by atoms with Gasteiger partial charge in [0.2, 0.25) is 17.7 Å². The van der Waals surface area contributed by atoms with Crippen LogP contribution in [-0.4, -0.2) is 41.6 Å². The molecular weight excluding hydrogens is 208 g/mol. The first-order chi connectivity index (χ1) is 6.54. The van der Waals surface area contributed by atoms with Gasteiger partial charge in [-0.05, 0) is 0 Å². The number of rotatable bonds is 2. The predicted molar refractivity (Wildman–Crippen MR) is 49.6 cm³/mol. The molecule has 1 fully saturated rings. The molecule has 78 valence electrons. The molecule has 1 aliphatic heterocycles. The van der Waals surface area contributed by atoms with E-state index in [1.165, 1.54) is 4.90 Å². The second-order valence-corrected chi connectivity index (χ2v) is 3.53. The molecule has 0 aliphatic carbocycles. The third-order valence-electron chi connectivity index (χ3n) is 1.91. The molecule has 1 atom stereocenters. The fourth-order valence-corrected chi connectivity index (χ4v) is 1.30. The van der Waals surface area contributed by atoms with Crippen LogP contribution in [0.3, 0.4) is 0 Å². The molecule has 14 heavy (non-hydrogen) atoms. The lowest BCUT2D eigenvalue weighted by molar-refractivity contribution is -0.146. The largest absolute Gasteiger partial charge is 0.324 e. The van der Waals surface area contributed by atoms with E-state index in [0.29, 0.717) is 0 Å². The van der Waals surface area contributed by atoms with Gasteiger partial charge in [-0.2, -0.15) is 0 Å². The van der Waals surface area contributed by atoms with Gasteiger partial charge in [0.15, 0.2) is 0 Å². The third-order valence-corrected chi connectivity index (χ3v) is 2.38. The molecule has 0 spiro atoms. The van der Waals surface area contributed by atoms with E-state index in [2.05, 4.69) is 5.32 Å². The van der Waals surface area contributed by atoms with Crippen LogP contribution in [0.4, 0.5) is 0 Å². The number of halogens is 1. The number of imide groups is 1. The molecule has 1 heterocycles. The van der Waals surface area contributed by atoms with Crippen molar-refractivity contribution < 1.29 is 14.4 Å². The molecule has 0 aromatic rings. The topological polar surface area (TPSA) is 66.5 Å². The smallest absolute Gasteiger partial charge is 0.246 e. The van der Waals surface area contributed by atoms with E-state index in [1.807, 2.05) is 0 Å². The summed E-state index contributed by atoms with van der Waals surface area (Å²) in [5, 5.41) is 2.12. The number of nitrogens with zero attached hydrogens (tertiary/aromatic N) is 1. The average Bonchev–Trinajstić information content (AvgIpc) is 2.14. The Labute approximate surface area is 86.4 Å². The fraction of sp³-hybridized carbons (Fsp3) is 0.625. The third kappa shape index (κ3) is 2.45. The molecule has 0 aromatic heterocycles. The quantitative estimate of drug-likeness (QED) is 0.495. The van der Waals surface area contributed by atoms with Crippen molar-refractivity contribution in [3.63, 3.8) is 0 Å². The molecule has 0 bridgehead atoms. The van der Waals surface area contributed by atoms with Gasteiger partial charge in [-0.15, -0.1) is 11.6 Å². The number of amides is 3. The summed E-state index contributed by atoms with van der Waals surface area (Å²) in [6.45, 7) is 1.53. The standard InChI is InChI=1S/C8H11ClN2O3/c1-5(2-9)8(14)11-3-6(12)10-7(13)4-11/h5H,2-4H2,1H3,(H,10,12,13). The van der Waals surface area contributed by atoms with Crippen LogP contribution in [0.15, 0.2) is 0 Å². The van der Waals surface area contributed by atoms with Gasteiger partial charge >= 0.3 is 0 Å². The van der Waals surface area contributed by atoms with E-state index >= 15 is 0 Å². The number of carbonyl (C=O) groups is 3. The minimum atomic E-state index is -0.448. The van der Waals surface area contributed by atoms with Gasteiger partial charge in [0, 0.05) is 11.8 Å². The molecule has 6 heteroatoms. The summed E-state index contributed by atoms with van der Waals surface area (Å²) in [6.07, 6.45) is 0. The fourth-order valence-electron chi connectivity index (χ4n) is 1.17. The Kier molecular flexibility index (Phi) is 3.46. The maximum atomic E-state index is 11.5. The molecular formula is C8H11ClN2O3. The van der Waals surface area contributed by atoms with Crippen LogP contribution >= 0.6 is 11.6 Å². The number of hydrogen-bond acceptors (Lipinski definition) is 3. The van der Waals surface area contributed by atoms with E-state index in [1.54, 1.807) is 6.92 Å². The van der Waals surface area contributed by atoms with E-state index in [9.17, 15) is 14.4 Å². The lowest BCUT2D eigenvalue weighted by Crippen LogP contribution is -2.54. The summed E-state index contributed by atoms with van der Waals surface area (Å²) in [6, 6.07) is 0. The Balaban J connectivity index is 2.63. The van der Waals surface area contributed by atoms with Crippen LogP contribution < -0.4 is 5.32 Å². The Morgan fingerprint density at radius 1 is 1.50 bits per heavy atom. The maximum absolute atomic E-state index is 11.5. The number of piperazine rings is 1. The molecule has 0 saturated carbocycles. The van der Waals surface area contributed by atoms with E-state index < -0.39 is 11.8 Å². The lowest BCUT2D eigenvalue weighted by Gasteiger charge is -2.27. The molecule has 1 saturated heterocycles. The zero-order chi connectivity index (χ0) is 10.7. The van der Waals surface area contributed by atoms with Crippen molar-refractivity contribution in [2.24, 2.45) is 5.92 Å². The highest BCUT2D eigenvalue weighted by molar-refractivity contribution is 6.19. The van der Waals surface area contributed by atoms with Crippen LogP contribution in [0, 0.1) is 5.92 Å². The Morgan fingerprint density at radius 3 is 2.43 bits per heavy atom. The summed E-state index contributed by atoms with van der Waals surface area (Å²) < 4.78 is 0. The molecule has 1 unspecified atom stereocenters. The van der Waals surface area contributed by atoms with Crippen molar-refractivity contribution in [1.82, 2.24) is 10.2 Å². The van der Waals surface area contributed by atoms with Gasteiger partial charge in [0.1, 0.15) is 13.1 Å². The Hall–Kier alpha value is -1.10. The molecule has 0 radical (unpaired) electrons. The van der Waals surface area contributed by atoms with Crippen molar-refractivity contribution in [3.05, 3.63) is 0 Å². The van der Waals surface area contributed by atoms with Crippen LogP contribution in [0.25, 0.3) is 0 Å². The van der Waals surface area contributed by atoms with Gasteiger partial charge in [0.05, 0.1) is 0 Å². The van der Waals surface area contributed by atoms with Crippen molar-refractivity contribution >= 4 is 29.3 Å². The van der Waals surface area contributed by atoms with Gasteiger partial charge < -0.3 is 4.90 Å². The monoisotopic (exact) mass is 218 g/mol. The minimum Gasteiger partial charge on any atom is -0.324 e. The number of carbonyl (C=O) groups excluding carboxylic acids is 3. The second kappa shape index (κ2) is 4.41. The van der Waals surface area contributed by atoms with Crippen LogP contribution in [0.5, 0.6) is 0 Å². The van der Waals surface area contributed by atoms with Gasteiger partial charge in [0.25, 0.3) is 0 Å². The number of nitrogens with one attached hydrogen (secondary N) is 1. The highest BCUT2D eigenvalue weighted by atomic mass is 35.5. The van der Waals surface area contributed by atoms with Crippen molar-refractivity contribution in [2.75, 3.05) is 19.0 Å². The number of hydrogen-bond donors (Lipinski definition) is 1. The molecule has 1 rings (SSSR count). The first-order valence-electron chi connectivity index (χ1n) is 4.22. The molecule has 0 aromatic carbocycles. The summed E-state index contributed by atoms with van der Waals surface area (Å²) in [7, 11) is 0. The highest BCUT2D eigenvalue weighted by Gasteiger charge is 2.28. The molecule has 1 N–H and O–H groups in total. The minimum absolute atomic E-state index is 0.0637. The van der Waals surface area contributed by atoms with E-state index in [-0.39, 0.29) is 30.8 Å². The van der Waals surface area contributed by atoms with Gasteiger partial charge in [-0.3, -0.25) is 19.7 Å². The zero-order valence-electron chi connectivity index (χ0n) is 7.75.